The molecule has 120 valence electrons. The maximum atomic E-state index is 12.1. The van der Waals surface area contributed by atoms with Gasteiger partial charge in [0.25, 0.3) is 11.6 Å². The lowest BCUT2D eigenvalue weighted by atomic mass is 10.2. The molecule has 23 heavy (non-hydrogen) atoms. The topological polar surface area (TPSA) is 127 Å². The van der Waals surface area contributed by atoms with Crippen LogP contribution in [0.25, 0.3) is 0 Å². The smallest absolute Gasteiger partial charge is 0.305 e. The van der Waals surface area contributed by atoms with Crippen molar-refractivity contribution >= 4 is 23.3 Å². The molecule has 0 saturated heterocycles. The molecule has 1 heterocycles. The summed E-state index contributed by atoms with van der Waals surface area (Å²) in [6.45, 7) is 1.84. The third-order valence-corrected chi connectivity index (χ3v) is 3.03. The summed E-state index contributed by atoms with van der Waals surface area (Å²) in [5, 5.41) is 26.0. The van der Waals surface area contributed by atoms with E-state index in [1.165, 1.54) is 29.1 Å². The Morgan fingerprint density at radius 2 is 2.13 bits per heavy atom. The first-order valence-electron chi connectivity index (χ1n) is 6.68. The van der Waals surface area contributed by atoms with Gasteiger partial charge in [0, 0.05) is 12.3 Å². The minimum Gasteiger partial charge on any atom is -0.481 e. The molecule has 0 aliphatic heterocycles. The fourth-order valence-electron chi connectivity index (χ4n) is 1.90. The molecule has 2 rings (SSSR count). The Bertz CT molecular complexity index is 768. The number of nitro benzene ring substituents is 1. The molecule has 0 radical (unpaired) electrons. The number of rotatable bonds is 6. The number of aryl methyl sites for hydroxylation is 2. The maximum Gasteiger partial charge on any atom is 0.305 e. The predicted molar refractivity (Wildman–Crippen MR) is 80.3 cm³/mol. The van der Waals surface area contributed by atoms with Gasteiger partial charge < -0.3 is 10.4 Å². The van der Waals surface area contributed by atoms with E-state index in [9.17, 15) is 19.7 Å². The van der Waals surface area contributed by atoms with Crippen molar-refractivity contribution in [3.8, 4) is 0 Å². The fourth-order valence-corrected chi connectivity index (χ4v) is 1.90. The SMILES string of the molecule is Cc1ccc(NC(=O)c2ccn(CCC(=O)O)n2)c([N+](=O)[O-])c1. The van der Waals surface area contributed by atoms with Gasteiger partial charge in [-0.2, -0.15) is 5.10 Å². The van der Waals surface area contributed by atoms with Crippen LogP contribution < -0.4 is 5.32 Å². The highest BCUT2D eigenvalue weighted by Crippen LogP contribution is 2.25. The third-order valence-electron chi connectivity index (χ3n) is 3.03. The average Bonchev–Trinajstić information content (AvgIpc) is 2.95. The van der Waals surface area contributed by atoms with Crippen LogP contribution in [0.15, 0.2) is 30.5 Å². The molecule has 0 fully saturated rings. The number of amides is 1. The van der Waals surface area contributed by atoms with Crippen molar-refractivity contribution in [3.05, 3.63) is 51.8 Å². The van der Waals surface area contributed by atoms with E-state index in [0.717, 1.165) is 0 Å². The normalized spacial score (nSPS) is 10.3. The largest absolute Gasteiger partial charge is 0.481 e. The predicted octanol–water partition coefficient (Wildman–Crippen LogP) is 1.83. The molecule has 0 unspecified atom stereocenters. The van der Waals surface area contributed by atoms with Crippen LogP contribution in [0, 0.1) is 17.0 Å². The highest BCUT2D eigenvalue weighted by atomic mass is 16.6. The van der Waals surface area contributed by atoms with Gasteiger partial charge in [-0.15, -0.1) is 0 Å². The maximum absolute atomic E-state index is 12.1. The van der Waals surface area contributed by atoms with E-state index in [1.54, 1.807) is 13.0 Å². The zero-order chi connectivity index (χ0) is 17.0. The van der Waals surface area contributed by atoms with Gasteiger partial charge in [-0.25, -0.2) is 0 Å². The van der Waals surface area contributed by atoms with Gasteiger partial charge in [0.2, 0.25) is 0 Å². The molecule has 1 aromatic heterocycles. The molecule has 0 spiro atoms. The molecule has 9 heteroatoms. The second kappa shape index (κ2) is 6.69. The molecule has 0 atom stereocenters. The second-order valence-corrected chi connectivity index (χ2v) is 4.84. The third kappa shape index (κ3) is 4.13. The van der Waals surface area contributed by atoms with Crippen molar-refractivity contribution in [2.75, 3.05) is 5.32 Å². The van der Waals surface area contributed by atoms with Gasteiger partial charge >= 0.3 is 5.97 Å². The van der Waals surface area contributed by atoms with E-state index in [0.29, 0.717) is 5.56 Å². The Labute approximate surface area is 130 Å². The number of carboxylic acids is 1. The zero-order valence-electron chi connectivity index (χ0n) is 12.2. The zero-order valence-corrected chi connectivity index (χ0v) is 12.2. The minimum atomic E-state index is -0.971. The molecule has 1 aromatic carbocycles. The van der Waals surface area contributed by atoms with Crippen molar-refractivity contribution < 1.29 is 19.6 Å². The number of nitro groups is 1. The molecule has 0 aliphatic carbocycles. The van der Waals surface area contributed by atoms with Crippen LogP contribution in [0.1, 0.15) is 22.5 Å². The first kappa shape index (κ1) is 16.1. The summed E-state index contributed by atoms with van der Waals surface area (Å²) < 4.78 is 1.33. The molecule has 1 amide bonds. The van der Waals surface area contributed by atoms with Crippen LogP contribution >= 0.6 is 0 Å². The lowest BCUT2D eigenvalue weighted by molar-refractivity contribution is -0.384. The number of benzene rings is 1. The number of carbonyl (C=O) groups excluding carboxylic acids is 1. The summed E-state index contributed by atoms with van der Waals surface area (Å²) in [4.78, 5) is 33.0. The van der Waals surface area contributed by atoms with Crippen LogP contribution in [0.5, 0.6) is 0 Å². The van der Waals surface area contributed by atoms with Crippen LogP contribution in [-0.2, 0) is 11.3 Å². The monoisotopic (exact) mass is 318 g/mol. The summed E-state index contributed by atoms with van der Waals surface area (Å²) in [6, 6.07) is 5.87. The number of hydrogen-bond donors (Lipinski definition) is 2. The van der Waals surface area contributed by atoms with Crippen molar-refractivity contribution in [1.82, 2.24) is 9.78 Å². The van der Waals surface area contributed by atoms with Crippen molar-refractivity contribution in [2.45, 2.75) is 19.9 Å². The van der Waals surface area contributed by atoms with Gasteiger partial charge in [0.15, 0.2) is 5.69 Å². The van der Waals surface area contributed by atoms with E-state index in [1.807, 2.05) is 0 Å². The number of nitrogens with one attached hydrogen (secondary N) is 1. The Balaban J connectivity index is 2.13. The van der Waals surface area contributed by atoms with Crippen LogP contribution in [-0.4, -0.2) is 31.7 Å². The van der Waals surface area contributed by atoms with Gasteiger partial charge in [-0.05, 0) is 24.6 Å². The van der Waals surface area contributed by atoms with Crippen molar-refractivity contribution in [3.63, 3.8) is 0 Å². The summed E-state index contributed by atoms with van der Waals surface area (Å²) in [6.07, 6.45) is 1.35. The average molecular weight is 318 g/mol. The lowest BCUT2D eigenvalue weighted by Gasteiger charge is -2.05. The minimum absolute atomic E-state index is 0.0465. The van der Waals surface area contributed by atoms with E-state index < -0.39 is 16.8 Å². The summed E-state index contributed by atoms with van der Waals surface area (Å²) in [5.41, 5.74) is 0.618. The second-order valence-electron chi connectivity index (χ2n) is 4.84. The molecule has 2 aromatic rings. The van der Waals surface area contributed by atoms with E-state index in [-0.39, 0.29) is 30.0 Å². The van der Waals surface area contributed by atoms with E-state index in [4.69, 9.17) is 5.11 Å². The first-order valence-corrected chi connectivity index (χ1v) is 6.68. The van der Waals surface area contributed by atoms with Crippen molar-refractivity contribution in [1.29, 1.82) is 0 Å². The lowest BCUT2D eigenvalue weighted by Crippen LogP contribution is -2.15. The molecular weight excluding hydrogens is 304 g/mol. The number of hydrogen-bond acceptors (Lipinski definition) is 5. The molecule has 0 aliphatic rings. The number of carbonyl (C=O) groups is 2. The summed E-state index contributed by atoms with van der Waals surface area (Å²) >= 11 is 0. The van der Waals surface area contributed by atoms with Crippen molar-refractivity contribution in [2.24, 2.45) is 0 Å². The van der Waals surface area contributed by atoms with Crippen LogP contribution in [0.3, 0.4) is 0 Å². The Kier molecular flexibility index (Phi) is 4.69. The van der Waals surface area contributed by atoms with Crippen LogP contribution in [0.4, 0.5) is 11.4 Å². The highest BCUT2D eigenvalue weighted by Gasteiger charge is 2.18. The van der Waals surface area contributed by atoms with Gasteiger partial charge in [0.1, 0.15) is 5.69 Å². The van der Waals surface area contributed by atoms with Gasteiger partial charge in [0.05, 0.1) is 17.9 Å². The molecule has 9 nitrogen and oxygen atoms in total. The molecule has 2 N–H and O–H groups in total. The number of nitrogens with zero attached hydrogens (tertiary/aromatic N) is 3. The van der Waals surface area contributed by atoms with Crippen LogP contribution in [0.2, 0.25) is 0 Å². The van der Waals surface area contributed by atoms with E-state index in [2.05, 4.69) is 10.4 Å². The fraction of sp³-hybridized carbons (Fsp3) is 0.214. The summed E-state index contributed by atoms with van der Waals surface area (Å²) in [7, 11) is 0. The number of anilines is 1. The molecule has 0 saturated carbocycles. The molecule has 0 bridgehead atoms. The highest BCUT2D eigenvalue weighted by molar-refractivity contribution is 6.04. The van der Waals surface area contributed by atoms with Gasteiger partial charge in [-0.3, -0.25) is 24.4 Å². The number of carboxylic acid groups (broad SMARTS) is 1. The quantitative estimate of drug-likeness (QED) is 0.617. The first-order chi connectivity index (χ1) is 10.9. The summed E-state index contributed by atoms with van der Waals surface area (Å²) in [5.74, 6) is -1.58. The Hall–Kier alpha value is -3.23. The molecular formula is C14H14N4O5. The standard InChI is InChI=1S/C14H14N4O5/c1-9-2-3-10(12(8-9)18(22)23)15-14(21)11-4-6-17(16-11)7-5-13(19)20/h2-4,6,8H,5,7H2,1H3,(H,15,21)(H,19,20). The number of aliphatic carboxylic acids is 1. The Morgan fingerprint density at radius 3 is 2.78 bits per heavy atom. The van der Waals surface area contributed by atoms with E-state index >= 15 is 0 Å². The Morgan fingerprint density at radius 1 is 1.39 bits per heavy atom. The number of aromatic nitrogens is 2. The van der Waals surface area contributed by atoms with Gasteiger partial charge in [-0.1, -0.05) is 6.07 Å².